The molecule has 7 nitrogen and oxygen atoms in total. The average Bonchev–Trinajstić information content (AvgIpc) is 2.72. The minimum atomic E-state index is -0.895. The Morgan fingerprint density at radius 1 is 1.40 bits per heavy atom. The fraction of sp³-hybridized carbons (Fsp3) is 0.769. The Hall–Kier alpha value is -1.79. The van der Waals surface area contributed by atoms with Gasteiger partial charge in [-0.2, -0.15) is 0 Å². The lowest BCUT2D eigenvalue weighted by Crippen LogP contribution is -2.41. The molecule has 1 unspecified atom stereocenters. The summed E-state index contributed by atoms with van der Waals surface area (Å²) < 4.78 is 4.94. The third kappa shape index (κ3) is 4.40. The molecular formula is C13H22N2O5. The van der Waals surface area contributed by atoms with Crippen LogP contribution in [0.1, 0.15) is 33.6 Å². The second-order valence-electron chi connectivity index (χ2n) is 5.56. The fourth-order valence-electron chi connectivity index (χ4n) is 2.01. The third-order valence-electron chi connectivity index (χ3n) is 3.25. The maximum absolute atomic E-state index is 11.8. The molecular weight excluding hydrogens is 264 g/mol. The maximum atomic E-state index is 11.8. The van der Waals surface area contributed by atoms with E-state index < -0.39 is 11.4 Å². The van der Waals surface area contributed by atoms with Gasteiger partial charge in [-0.1, -0.05) is 0 Å². The van der Waals surface area contributed by atoms with Crippen molar-refractivity contribution in [2.75, 3.05) is 19.6 Å². The smallest absolute Gasteiger partial charge is 0.317 e. The normalized spacial score (nSPS) is 21.9. The number of carboxylic acid groups (broad SMARTS) is 1. The number of likely N-dealkylation sites (tertiary alicyclic amines) is 1. The molecule has 0 aromatic carbocycles. The van der Waals surface area contributed by atoms with Crippen LogP contribution in [-0.2, 0) is 14.3 Å². The van der Waals surface area contributed by atoms with Gasteiger partial charge in [0.05, 0.1) is 17.9 Å². The zero-order valence-electron chi connectivity index (χ0n) is 12.1. The molecule has 114 valence electrons. The molecule has 0 saturated carbocycles. The predicted molar refractivity (Wildman–Crippen MR) is 71.2 cm³/mol. The fourth-order valence-corrected chi connectivity index (χ4v) is 2.01. The Labute approximate surface area is 118 Å². The van der Waals surface area contributed by atoms with Crippen molar-refractivity contribution in [3.05, 3.63) is 0 Å². The van der Waals surface area contributed by atoms with E-state index in [0.717, 1.165) is 0 Å². The number of carboxylic acids is 1. The zero-order valence-corrected chi connectivity index (χ0v) is 12.1. The molecule has 1 rings (SSSR count). The van der Waals surface area contributed by atoms with Crippen LogP contribution in [0.25, 0.3) is 0 Å². The van der Waals surface area contributed by atoms with Gasteiger partial charge in [0.2, 0.25) is 0 Å². The van der Waals surface area contributed by atoms with Crippen LogP contribution in [0.15, 0.2) is 0 Å². The Morgan fingerprint density at radius 2 is 2.05 bits per heavy atom. The number of amides is 2. The van der Waals surface area contributed by atoms with Gasteiger partial charge in [0.15, 0.2) is 0 Å². The van der Waals surface area contributed by atoms with Crippen LogP contribution in [0.2, 0.25) is 0 Å². The predicted octanol–water partition coefficient (Wildman–Crippen LogP) is 0.834. The number of carbonyl (C=O) groups excluding carboxylic acids is 2. The van der Waals surface area contributed by atoms with E-state index in [1.165, 1.54) is 4.90 Å². The van der Waals surface area contributed by atoms with Gasteiger partial charge in [-0.15, -0.1) is 0 Å². The standard InChI is InChI=1S/C13H22N2O5/c1-9(2)20-10(16)4-6-14-12(19)15-7-5-13(3,8-15)11(17)18/h9H,4-8H2,1-3H3,(H,14,19)(H,17,18). The van der Waals surface area contributed by atoms with Crippen molar-refractivity contribution >= 4 is 18.0 Å². The van der Waals surface area contributed by atoms with Gasteiger partial charge in [-0.05, 0) is 27.2 Å². The lowest BCUT2D eigenvalue weighted by Gasteiger charge is -2.20. The van der Waals surface area contributed by atoms with Crippen LogP contribution in [-0.4, -0.2) is 53.7 Å². The highest BCUT2D eigenvalue weighted by atomic mass is 16.5. The second-order valence-corrected chi connectivity index (χ2v) is 5.56. The molecule has 0 aliphatic carbocycles. The van der Waals surface area contributed by atoms with Crippen LogP contribution < -0.4 is 5.32 Å². The SMILES string of the molecule is CC(C)OC(=O)CCNC(=O)N1CCC(C)(C(=O)O)C1. The van der Waals surface area contributed by atoms with Gasteiger partial charge in [0.25, 0.3) is 0 Å². The number of ether oxygens (including phenoxy) is 1. The van der Waals surface area contributed by atoms with E-state index in [2.05, 4.69) is 5.32 Å². The maximum Gasteiger partial charge on any atom is 0.317 e. The van der Waals surface area contributed by atoms with Crippen molar-refractivity contribution in [2.24, 2.45) is 5.41 Å². The first-order chi connectivity index (χ1) is 9.24. The molecule has 1 aliphatic rings. The van der Waals surface area contributed by atoms with Crippen LogP contribution >= 0.6 is 0 Å². The number of hydrogen-bond donors (Lipinski definition) is 2. The highest BCUT2D eigenvalue weighted by Gasteiger charge is 2.42. The Morgan fingerprint density at radius 3 is 2.55 bits per heavy atom. The molecule has 0 bridgehead atoms. The number of nitrogens with one attached hydrogen (secondary N) is 1. The van der Waals surface area contributed by atoms with Crippen molar-refractivity contribution in [1.82, 2.24) is 10.2 Å². The summed E-state index contributed by atoms with van der Waals surface area (Å²) in [6, 6.07) is -0.340. The quantitative estimate of drug-likeness (QED) is 0.730. The topological polar surface area (TPSA) is 95.9 Å². The molecule has 0 aromatic rings. The first kappa shape index (κ1) is 16.3. The van der Waals surface area contributed by atoms with Crippen molar-refractivity contribution in [2.45, 2.75) is 39.7 Å². The molecule has 20 heavy (non-hydrogen) atoms. The largest absolute Gasteiger partial charge is 0.481 e. The first-order valence-electron chi connectivity index (χ1n) is 6.70. The van der Waals surface area contributed by atoms with Crippen LogP contribution in [0.4, 0.5) is 4.79 Å². The van der Waals surface area contributed by atoms with E-state index in [-0.39, 0.29) is 37.6 Å². The molecule has 1 heterocycles. The van der Waals surface area contributed by atoms with E-state index in [1.54, 1.807) is 20.8 Å². The van der Waals surface area contributed by atoms with Gasteiger partial charge in [-0.3, -0.25) is 9.59 Å². The number of esters is 1. The Kier molecular flexibility index (Phi) is 5.35. The van der Waals surface area contributed by atoms with E-state index >= 15 is 0 Å². The molecule has 7 heteroatoms. The summed E-state index contributed by atoms with van der Waals surface area (Å²) in [6.07, 6.45) is 0.368. The van der Waals surface area contributed by atoms with Crippen molar-refractivity contribution < 1.29 is 24.2 Å². The van der Waals surface area contributed by atoms with Crippen LogP contribution in [0.3, 0.4) is 0 Å². The van der Waals surface area contributed by atoms with Gasteiger partial charge in [0.1, 0.15) is 0 Å². The summed E-state index contributed by atoms with van der Waals surface area (Å²) in [5, 5.41) is 11.7. The molecule has 1 saturated heterocycles. The molecule has 0 aromatic heterocycles. The molecule has 2 N–H and O–H groups in total. The summed E-state index contributed by atoms with van der Waals surface area (Å²) in [4.78, 5) is 35.7. The average molecular weight is 286 g/mol. The Balaban J connectivity index is 2.31. The number of rotatable bonds is 5. The lowest BCUT2D eigenvalue weighted by molar-refractivity contribution is -0.147. The first-order valence-corrected chi connectivity index (χ1v) is 6.70. The van der Waals surface area contributed by atoms with Crippen molar-refractivity contribution in [3.8, 4) is 0 Å². The van der Waals surface area contributed by atoms with E-state index in [9.17, 15) is 14.4 Å². The van der Waals surface area contributed by atoms with Crippen molar-refractivity contribution in [1.29, 1.82) is 0 Å². The molecule has 0 spiro atoms. The number of aliphatic carboxylic acids is 1. The van der Waals surface area contributed by atoms with Crippen LogP contribution in [0, 0.1) is 5.41 Å². The summed E-state index contributed by atoms with van der Waals surface area (Å²) in [5.74, 6) is -1.26. The summed E-state index contributed by atoms with van der Waals surface area (Å²) >= 11 is 0. The minimum Gasteiger partial charge on any atom is -0.481 e. The van der Waals surface area contributed by atoms with Crippen LogP contribution in [0.5, 0.6) is 0 Å². The minimum absolute atomic E-state index is 0.105. The second kappa shape index (κ2) is 6.58. The Bertz CT molecular complexity index is 396. The number of urea groups is 1. The monoisotopic (exact) mass is 286 g/mol. The van der Waals surface area contributed by atoms with Gasteiger partial charge >= 0.3 is 18.0 Å². The molecule has 2 amide bonds. The van der Waals surface area contributed by atoms with E-state index in [4.69, 9.17) is 9.84 Å². The molecule has 1 atom stereocenters. The van der Waals surface area contributed by atoms with Crippen molar-refractivity contribution in [3.63, 3.8) is 0 Å². The van der Waals surface area contributed by atoms with E-state index in [0.29, 0.717) is 13.0 Å². The highest BCUT2D eigenvalue weighted by Crippen LogP contribution is 2.29. The molecule has 1 fully saturated rings. The molecule has 1 aliphatic heterocycles. The van der Waals surface area contributed by atoms with Gasteiger partial charge in [0, 0.05) is 19.6 Å². The lowest BCUT2D eigenvalue weighted by atomic mass is 9.90. The number of nitrogens with zero attached hydrogens (tertiary/aromatic N) is 1. The number of hydrogen-bond acceptors (Lipinski definition) is 4. The summed E-state index contributed by atoms with van der Waals surface area (Å²) in [5.41, 5.74) is -0.881. The van der Waals surface area contributed by atoms with E-state index in [1.807, 2.05) is 0 Å². The number of carbonyl (C=O) groups is 3. The van der Waals surface area contributed by atoms with Gasteiger partial charge in [-0.25, -0.2) is 4.79 Å². The zero-order chi connectivity index (χ0) is 15.3. The molecule has 0 radical (unpaired) electrons. The summed E-state index contributed by atoms with van der Waals surface area (Å²) in [6.45, 7) is 5.92. The summed E-state index contributed by atoms with van der Waals surface area (Å²) in [7, 11) is 0. The highest BCUT2D eigenvalue weighted by molar-refractivity contribution is 5.79. The third-order valence-corrected chi connectivity index (χ3v) is 3.25. The van der Waals surface area contributed by atoms with Gasteiger partial charge < -0.3 is 20.1 Å².